The highest BCUT2D eigenvalue weighted by Gasteiger charge is 2.48. The lowest BCUT2D eigenvalue weighted by Gasteiger charge is -2.27. The van der Waals surface area contributed by atoms with Gasteiger partial charge < -0.3 is 4.57 Å². The average Bonchev–Trinajstić information content (AvgIpc) is 3.02. The van der Waals surface area contributed by atoms with Crippen LogP contribution in [0.25, 0.3) is 0 Å². The molecule has 1 heterocycles. The van der Waals surface area contributed by atoms with E-state index in [1.807, 2.05) is 12.1 Å². The van der Waals surface area contributed by atoms with Gasteiger partial charge in [-0.1, -0.05) is 90.5 Å². The Morgan fingerprint density at radius 1 is 0.680 bits per heavy atom. The first-order valence-corrected chi connectivity index (χ1v) is 10.8. The van der Waals surface area contributed by atoms with Crippen LogP contribution in [-0.2, 0) is 4.57 Å². The second-order valence-corrected chi connectivity index (χ2v) is 10.2. The van der Waals surface area contributed by atoms with Crippen molar-refractivity contribution in [1.29, 1.82) is 0 Å². The summed E-state index contributed by atoms with van der Waals surface area (Å²) in [6, 6.07) is 29.2. The SMILES string of the molecule is Cc1ccc(P2(=O)[C@H](c3ccccc3)CC[C@H]2c2ccccc2)cc1. The van der Waals surface area contributed by atoms with Crippen LogP contribution in [0.5, 0.6) is 0 Å². The molecule has 1 aliphatic heterocycles. The molecule has 0 N–H and O–H groups in total. The molecule has 1 saturated heterocycles. The van der Waals surface area contributed by atoms with Crippen molar-refractivity contribution < 1.29 is 4.57 Å². The van der Waals surface area contributed by atoms with E-state index in [9.17, 15) is 4.57 Å². The molecule has 0 saturated carbocycles. The summed E-state index contributed by atoms with van der Waals surface area (Å²) in [5.41, 5.74) is 3.86. The Bertz CT molecular complexity index is 833. The van der Waals surface area contributed by atoms with E-state index in [0.29, 0.717) is 0 Å². The minimum absolute atomic E-state index is 0.113. The van der Waals surface area contributed by atoms with Gasteiger partial charge in [0.2, 0.25) is 0 Å². The van der Waals surface area contributed by atoms with Crippen molar-refractivity contribution in [2.24, 2.45) is 0 Å². The molecule has 0 radical (unpaired) electrons. The second-order valence-electron chi connectivity index (χ2n) is 6.98. The highest BCUT2D eigenvalue weighted by atomic mass is 31.2. The molecule has 0 amide bonds. The summed E-state index contributed by atoms with van der Waals surface area (Å²) in [7, 11) is -2.61. The fourth-order valence-corrected chi connectivity index (χ4v) is 8.25. The van der Waals surface area contributed by atoms with Crippen LogP contribution in [0.4, 0.5) is 0 Å². The first kappa shape index (κ1) is 16.4. The molecule has 126 valence electrons. The zero-order chi connectivity index (χ0) is 17.3. The molecule has 4 rings (SSSR count). The maximum Gasteiger partial charge on any atom is 0.129 e. The van der Waals surface area contributed by atoms with Crippen LogP contribution in [0.2, 0.25) is 0 Å². The maximum atomic E-state index is 14.6. The standard InChI is InChI=1S/C23H23OP/c1-18-12-14-21(15-13-18)25(24)22(19-8-4-2-5-9-19)16-17-23(25)20-10-6-3-7-11-20/h2-15,22-23H,16-17H2,1H3/t22-,23-/m0/s1. The average molecular weight is 346 g/mol. The fraction of sp³-hybridized carbons (Fsp3) is 0.217. The molecule has 2 atom stereocenters. The molecule has 0 spiro atoms. The predicted molar refractivity (Wildman–Crippen MR) is 106 cm³/mol. The van der Waals surface area contributed by atoms with Crippen molar-refractivity contribution in [2.45, 2.75) is 31.1 Å². The Hall–Kier alpha value is -2.11. The molecule has 1 nitrogen and oxygen atoms in total. The quantitative estimate of drug-likeness (QED) is 0.512. The van der Waals surface area contributed by atoms with E-state index >= 15 is 0 Å². The molecule has 2 heteroatoms. The van der Waals surface area contributed by atoms with E-state index in [4.69, 9.17) is 0 Å². The van der Waals surface area contributed by atoms with Crippen LogP contribution in [-0.4, -0.2) is 0 Å². The van der Waals surface area contributed by atoms with Crippen molar-refractivity contribution in [2.75, 3.05) is 0 Å². The molecular formula is C23H23OP. The van der Waals surface area contributed by atoms with Gasteiger partial charge in [0.25, 0.3) is 0 Å². The Kier molecular flexibility index (Phi) is 4.36. The summed E-state index contributed by atoms with van der Waals surface area (Å²) in [4.78, 5) is 0. The van der Waals surface area contributed by atoms with E-state index in [0.717, 1.165) is 18.1 Å². The molecule has 3 aromatic carbocycles. The predicted octanol–water partition coefficient (Wildman–Crippen LogP) is 6.26. The van der Waals surface area contributed by atoms with Crippen LogP contribution >= 0.6 is 7.14 Å². The van der Waals surface area contributed by atoms with Gasteiger partial charge in [-0.15, -0.1) is 0 Å². The third kappa shape index (κ3) is 2.87. The summed E-state index contributed by atoms with van der Waals surface area (Å²) in [6.45, 7) is 2.08. The van der Waals surface area contributed by atoms with Gasteiger partial charge in [-0.05, 0) is 30.9 Å². The van der Waals surface area contributed by atoms with Crippen LogP contribution in [0.15, 0.2) is 84.9 Å². The maximum absolute atomic E-state index is 14.6. The van der Waals surface area contributed by atoms with E-state index in [1.165, 1.54) is 16.7 Å². The summed E-state index contributed by atoms with van der Waals surface area (Å²) >= 11 is 0. The highest BCUT2D eigenvalue weighted by molar-refractivity contribution is 7.72. The number of hydrogen-bond donors (Lipinski definition) is 0. The summed E-state index contributed by atoms with van der Waals surface area (Å²) in [5, 5.41) is 1.03. The summed E-state index contributed by atoms with van der Waals surface area (Å²) in [5.74, 6) is 0. The first-order chi connectivity index (χ1) is 12.2. The zero-order valence-electron chi connectivity index (χ0n) is 14.5. The van der Waals surface area contributed by atoms with Gasteiger partial charge in [-0.3, -0.25) is 0 Å². The van der Waals surface area contributed by atoms with Crippen LogP contribution in [0, 0.1) is 6.92 Å². The lowest BCUT2D eigenvalue weighted by atomic mass is 10.0. The van der Waals surface area contributed by atoms with E-state index in [2.05, 4.69) is 79.7 Å². The second kappa shape index (κ2) is 6.65. The Morgan fingerprint density at radius 2 is 1.12 bits per heavy atom. The van der Waals surface area contributed by atoms with Gasteiger partial charge >= 0.3 is 0 Å². The number of rotatable bonds is 3. The van der Waals surface area contributed by atoms with E-state index in [1.54, 1.807) is 0 Å². The van der Waals surface area contributed by atoms with Gasteiger partial charge in [0, 0.05) is 16.6 Å². The zero-order valence-corrected chi connectivity index (χ0v) is 15.4. The Morgan fingerprint density at radius 3 is 1.56 bits per heavy atom. The molecule has 0 aliphatic carbocycles. The van der Waals surface area contributed by atoms with Gasteiger partial charge in [0.05, 0.1) is 0 Å². The first-order valence-electron chi connectivity index (χ1n) is 8.96. The van der Waals surface area contributed by atoms with Crippen molar-refractivity contribution in [3.63, 3.8) is 0 Å². The summed E-state index contributed by atoms with van der Waals surface area (Å²) < 4.78 is 14.6. The van der Waals surface area contributed by atoms with E-state index in [-0.39, 0.29) is 11.3 Å². The number of benzene rings is 3. The van der Waals surface area contributed by atoms with Crippen LogP contribution < -0.4 is 5.30 Å². The Balaban J connectivity index is 1.87. The smallest absolute Gasteiger partial charge is 0.129 e. The molecule has 25 heavy (non-hydrogen) atoms. The third-order valence-electron chi connectivity index (χ3n) is 5.45. The molecule has 1 fully saturated rings. The topological polar surface area (TPSA) is 17.1 Å². The van der Waals surface area contributed by atoms with Crippen molar-refractivity contribution in [3.8, 4) is 0 Å². The molecule has 0 bridgehead atoms. The number of aryl methyl sites for hydroxylation is 1. The summed E-state index contributed by atoms with van der Waals surface area (Å²) in [6.07, 6.45) is 1.96. The largest absolute Gasteiger partial charge is 0.317 e. The normalized spacial score (nSPS) is 22.0. The van der Waals surface area contributed by atoms with Crippen molar-refractivity contribution >= 4 is 12.4 Å². The van der Waals surface area contributed by atoms with E-state index < -0.39 is 7.14 Å². The highest BCUT2D eigenvalue weighted by Crippen LogP contribution is 2.75. The van der Waals surface area contributed by atoms with Gasteiger partial charge in [-0.2, -0.15) is 0 Å². The Labute approximate surface area is 150 Å². The van der Waals surface area contributed by atoms with Crippen LogP contribution in [0.1, 0.15) is 40.8 Å². The molecular weight excluding hydrogens is 323 g/mol. The lowest BCUT2D eigenvalue weighted by Crippen LogP contribution is -2.12. The molecule has 0 aromatic heterocycles. The minimum atomic E-state index is -2.61. The van der Waals surface area contributed by atoms with Crippen LogP contribution in [0.3, 0.4) is 0 Å². The fourth-order valence-electron chi connectivity index (χ4n) is 4.18. The van der Waals surface area contributed by atoms with Gasteiger partial charge in [-0.25, -0.2) is 0 Å². The van der Waals surface area contributed by atoms with Gasteiger partial charge in [0.15, 0.2) is 0 Å². The molecule has 1 aliphatic rings. The molecule has 3 aromatic rings. The lowest BCUT2D eigenvalue weighted by molar-refractivity contribution is 0.573. The van der Waals surface area contributed by atoms with Gasteiger partial charge in [0.1, 0.15) is 7.14 Å². The third-order valence-corrected chi connectivity index (χ3v) is 9.52. The van der Waals surface area contributed by atoms with Crippen molar-refractivity contribution in [3.05, 3.63) is 102 Å². The number of hydrogen-bond acceptors (Lipinski definition) is 1. The van der Waals surface area contributed by atoms with Crippen molar-refractivity contribution in [1.82, 2.24) is 0 Å². The molecule has 0 unspecified atom stereocenters. The monoisotopic (exact) mass is 346 g/mol. The minimum Gasteiger partial charge on any atom is -0.317 e.